The van der Waals surface area contributed by atoms with Crippen molar-refractivity contribution in [2.45, 2.75) is 23.3 Å². The molecule has 0 spiro atoms. The first-order chi connectivity index (χ1) is 14.9. The van der Waals surface area contributed by atoms with Crippen molar-refractivity contribution in [1.82, 2.24) is 9.55 Å². The summed E-state index contributed by atoms with van der Waals surface area (Å²) in [6, 6.07) is 13.2. The summed E-state index contributed by atoms with van der Waals surface area (Å²) in [5.74, 6) is -0.294. The van der Waals surface area contributed by atoms with E-state index in [1.165, 1.54) is 0 Å². The van der Waals surface area contributed by atoms with E-state index in [0.717, 1.165) is 21.9 Å². The number of nitrogens with two attached hydrogens (primary N) is 1. The van der Waals surface area contributed by atoms with E-state index in [1.807, 2.05) is 41.1 Å². The maximum Gasteiger partial charge on any atom is 0.215 e. The second-order valence-electron chi connectivity index (χ2n) is 6.99. The fourth-order valence-electron chi connectivity index (χ4n) is 3.34. The molecule has 1 aliphatic heterocycles. The largest absolute Gasteiger partial charge is 0.376 e. The van der Waals surface area contributed by atoms with Gasteiger partial charge in [0.15, 0.2) is 5.11 Å². The average Bonchev–Trinajstić information content (AvgIpc) is 3.38. The third-order valence-corrected chi connectivity index (χ3v) is 6.50. The van der Waals surface area contributed by atoms with Crippen LogP contribution in [0.4, 0.5) is 5.69 Å². The summed E-state index contributed by atoms with van der Waals surface area (Å²) in [6.45, 7) is 0.872. The minimum Gasteiger partial charge on any atom is -0.376 e. The number of imidazole rings is 1. The molecule has 10 heteroatoms. The van der Waals surface area contributed by atoms with E-state index in [-0.39, 0.29) is 11.2 Å². The van der Waals surface area contributed by atoms with Gasteiger partial charge in [-0.15, -0.1) is 11.8 Å². The third-order valence-electron chi connectivity index (χ3n) is 4.71. The number of nitrogens with one attached hydrogen (secondary N) is 1. The highest BCUT2D eigenvalue weighted by molar-refractivity contribution is 7.99. The molecule has 0 amide bonds. The fourth-order valence-corrected chi connectivity index (χ4v) is 4.88. The summed E-state index contributed by atoms with van der Waals surface area (Å²) in [5, 5.41) is 4.22. The van der Waals surface area contributed by atoms with Crippen molar-refractivity contribution in [3.63, 3.8) is 0 Å². The van der Waals surface area contributed by atoms with E-state index in [1.54, 1.807) is 36.4 Å². The molecule has 3 aromatic rings. The molecule has 1 saturated heterocycles. The van der Waals surface area contributed by atoms with Crippen molar-refractivity contribution >= 4 is 58.0 Å². The van der Waals surface area contributed by atoms with Crippen LogP contribution in [-0.4, -0.2) is 33.1 Å². The van der Waals surface area contributed by atoms with Crippen LogP contribution in [-0.2, 0) is 21.8 Å². The summed E-state index contributed by atoms with van der Waals surface area (Å²) in [6.07, 6.45) is 5.19. The van der Waals surface area contributed by atoms with Gasteiger partial charge in [0.1, 0.15) is 0 Å². The van der Waals surface area contributed by atoms with E-state index >= 15 is 0 Å². The van der Waals surface area contributed by atoms with Gasteiger partial charge in [-0.05, 0) is 48.6 Å². The second kappa shape index (κ2) is 9.77. The summed E-state index contributed by atoms with van der Waals surface area (Å²) < 4.78 is 14.6. The minimum absolute atomic E-state index is 0.116. The molecule has 162 valence electrons. The maximum atomic E-state index is 6.51. The Labute approximate surface area is 200 Å². The molecule has 6 nitrogen and oxygen atoms in total. The summed E-state index contributed by atoms with van der Waals surface area (Å²) in [7, 11) is 0. The van der Waals surface area contributed by atoms with Crippen molar-refractivity contribution in [1.29, 1.82) is 0 Å². The van der Waals surface area contributed by atoms with Gasteiger partial charge in [-0.2, -0.15) is 0 Å². The summed E-state index contributed by atoms with van der Waals surface area (Å²) in [5.41, 5.74) is 7.11. The van der Waals surface area contributed by atoms with Gasteiger partial charge < -0.3 is 25.1 Å². The van der Waals surface area contributed by atoms with Crippen molar-refractivity contribution in [3.05, 3.63) is 76.8 Å². The highest BCUT2D eigenvalue weighted by Gasteiger charge is 2.45. The van der Waals surface area contributed by atoms with Crippen LogP contribution < -0.4 is 11.1 Å². The number of halogens is 2. The molecule has 0 saturated carbocycles. The monoisotopic (exact) mass is 494 g/mol. The SMILES string of the molecule is NC(=S)Nc1ccc(SCC2COC(Cn3ccnc3)(c3ccc(Cl)cc3Cl)O2)cc1. The lowest BCUT2D eigenvalue weighted by molar-refractivity contribution is -0.184. The number of hydrogen-bond acceptors (Lipinski definition) is 5. The van der Waals surface area contributed by atoms with E-state index < -0.39 is 5.79 Å². The highest BCUT2D eigenvalue weighted by atomic mass is 35.5. The molecule has 2 unspecified atom stereocenters. The van der Waals surface area contributed by atoms with Crippen LogP contribution in [0.15, 0.2) is 66.1 Å². The lowest BCUT2D eigenvalue weighted by Crippen LogP contribution is -2.34. The normalized spacial score (nSPS) is 20.6. The molecule has 4 rings (SSSR count). The lowest BCUT2D eigenvalue weighted by Gasteiger charge is -2.30. The molecule has 2 heterocycles. The first-order valence-corrected chi connectivity index (χ1v) is 11.6. The number of rotatable bonds is 7. The Morgan fingerprint density at radius 3 is 2.77 bits per heavy atom. The first-order valence-electron chi connectivity index (χ1n) is 9.46. The van der Waals surface area contributed by atoms with Crippen LogP contribution >= 0.6 is 47.2 Å². The molecule has 0 aliphatic carbocycles. The van der Waals surface area contributed by atoms with Crippen LogP contribution in [0.3, 0.4) is 0 Å². The van der Waals surface area contributed by atoms with Crippen LogP contribution in [0.5, 0.6) is 0 Å². The fraction of sp³-hybridized carbons (Fsp3) is 0.238. The van der Waals surface area contributed by atoms with Gasteiger partial charge in [-0.3, -0.25) is 0 Å². The van der Waals surface area contributed by atoms with Crippen LogP contribution in [0.25, 0.3) is 0 Å². The van der Waals surface area contributed by atoms with Gasteiger partial charge in [0, 0.05) is 39.3 Å². The molecule has 3 N–H and O–H groups in total. The van der Waals surface area contributed by atoms with Crippen LogP contribution in [0, 0.1) is 0 Å². The number of thioether (sulfide) groups is 1. The van der Waals surface area contributed by atoms with Gasteiger partial charge in [0.2, 0.25) is 5.79 Å². The minimum atomic E-state index is -1.02. The smallest absolute Gasteiger partial charge is 0.215 e. The number of aromatic nitrogens is 2. The Morgan fingerprint density at radius 1 is 1.29 bits per heavy atom. The van der Waals surface area contributed by atoms with Crippen molar-refractivity contribution in [2.24, 2.45) is 5.73 Å². The van der Waals surface area contributed by atoms with Crippen LogP contribution in [0.2, 0.25) is 10.0 Å². The molecule has 2 atom stereocenters. The Kier molecular flexibility index (Phi) is 7.05. The van der Waals surface area contributed by atoms with Crippen LogP contribution in [0.1, 0.15) is 5.56 Å². The number of anilines is 1. The summed E-state index contributed by atoms with van der Waals surface area (Å²) >= 11 is 19.2. The maximum absolute atomic E-state index is 6.51. The molecule has 31 heavy (non-hydrogen) atoms. The Balaban J connectivity index is 1.47. The van der Waals surface area contributed by atoms with E-state index in [2.05, 4.69) is 10.3 Å². The Hall–Kier alpha value is -1.81. The van der Waals surface area contributed by atoms with Crippen molar-refractivity contribution in [3.8, 4) is 0 Å². The predicted molar refractivity (Wildman–Crippen MR) is 129 cm³/mol. The lowest BCUT2D eigenvalue weighted by atomic mass is 10.1. The number of ether oxygens (including phenoxy) is 2. The van der Waals surface area contributed by atoms with Gasteiger partial charge in [-0.25, -0.2) is 4.98 Å². The topological polar surface area (TPSA) is 74.3 Å². The Bertz CT molecular complexity index is 1050. The number of nitrogens with zero attached hydrogens (tertiary/aromatic N) is 2. The van der Waals surface area contributed by atoms with E-state index in [9.17, 15) is 0 Å². The molecule has 1 aromatic heterocycles. The zero-order chi connectivity index (χ0) is 21.8. The number of thiocarbonyl (C=S) groups is 1. The predicted octanol–water partition coefficient (Wildman–Crippen LogP) is 4.91. The quantitative estimate of drug-likeness (QED) is 0.357. The standard InChI is InChI=1S/C21H20Cl2N4O2S2/c22-14-1-6-18(19(23)9-14)21(12-27-8-7-25-13-27)28-10-16(29-21)11-31-17-4-2-15(3-5-17)26-20(24)30/h1-9,13,16H,10-12H2,(H3,24,26,30). The molecule has 1 fully saturated rings. The zero-order valence-corrected chi connectivity index (χ0v) is 19.5. The molecule has 1 aliphatic rings. The molecule has 2 aromatic carbocycles. The Morgan fingerprint density at radius 2 is 2.10 bits per heavy atom. The van der Waals surface area contributed by atoms with Crippen molar-refractivity contribution in [2.75, 3.05) is 17.7 Å². The summed E-state index contributed by atoms with van der Waals surface area (Å²) in [4.78, 5) is 5.22. The second-order valence-corrected chi connectivity index (χ2v) is 9.36. The van der Waals surface area contributed by atoms with Crippen molar-refractivity contribution < 1.29 is 9.47 Å². The molecule has 0 radical (unpaired) electrons. The van der Waals surface area contributed by atoms with Gasteiger partial charge >= 0.3 is 0 Å². The first kappa shape index (κ1) is 22.4. The average molecular weight is 495 g/mol. The van der Waals surface area contributed by atoms with Gasteiger partial charge in [-0.1, -0.05) is 29.3 Å². The van der Waals surface area contributed by atoms with Gasteiger partial charge in [0.05, 0.1) is 30.6 Å². The molecular weight excluding hydrogens is 475 g/mol. The third kappa shape index (κ3) is 5.52. The zero-order valence-electron chi connectivity index (χ0n) is 16.3. The van der Waals surface area contributed by atoms with E-state index in [4.69, 9.17) is 50.6 Å². The molecular formula is C21H20Cl2N4O2S2. The number of benzene rings is 2. The highest BCUT2D eigenvalue weighted by Crippen LogP contribution is 2.41. The number of hydrogen-bond donors (Lipinski definition) is 2. The molecule has 0 bridgehead atoms. The van der Waals surface area contributed by atoms with Gasteiger partial charge in [0.25, 0.3) is 0 Å². The van der Waals surface area contributed by atoms with E-state index in [0.29, 0.717) is 23.2 Å².